The number of rotatable bonds is 3. The molecular formula is C15H15NO2. The molecule has 0 fully saturated rings. The minimum absolute atomic E-state index is 0.164. The molecule has 92 valence electrons. The van der Waals surface area contributed by atoms with Crippen LogP contribution in [0.5, 0.6) is 0 Å². The Morgan fingerprint density at radius 3 is 3.11 bits per heavy atom. The van der Waals surface area contributed by atoms with Gasteiger partial charge in [-0.05, 0) is 36.1 Å². The zero-order valence-corrected chi connectivity index (χ0v) is 10.1. The maximum absolute atomic E-state index is 12.3. The molecule has 0 aliphatic carbocycles. The number of hydrogen-bond acceptors (Lipinski definition) is 3. The number of furan rings is 1. The first-order valence-corrected chi connectivity index (χ1v) is 6.24. The van der Waals surface area contributed by atoms with Crippen LogP contribution in [0, 0.1) is 0 Å². The van der Waals surface area contributed by atoms with E-state index in [1.165, 1.54) is 0 Å². The van der Waals surface area contributed by atoms with Crippen LogP contribution in [0.4, 0.5) is 5.69 Å². The summed E-state index contributed by atoms with van der Waals surface area (Å²) in [6.45, 7) is 0.992. The van der Waals surface area contributed by atoms with Crippen molar-refractivity contribution in [2.45, 2.75) is 19.3 Å². The van der Waals surface area contributed by atoms with Gasteiger partial charge in [-0.3, -0.25) is 4.79 Å². The second-order valence-electron chi connectivity index (χ2n) is 4.59. The summed E-state index contributed by atoms with van der Waals surface area (Å²) < 4.78 is 5.00. The van der Waals surface area contributed by atoms with E-state index in [0.717, 1.165) is 41.8 Å². The van der Waals surface area contributed by atoms with E-state index in [1.807, 2.05) is 24.3 Å². The van der Waals surface area contributed by atoms with E-state index < -0.39 is 0 Å². The van der Waals surface area contributed by atoms with E-state index in [0.29, 0.717) is 6.42 Å². The summed E-state index contributed by atoms with van der Waals surface area (Å²) in [5, 5.41) is 3.35. The highest BCUT2D eigenvalue weighted by molar-refractivity contribution is 6.00. The fraction of sp³-hybridized carbons (Fsp3) is 0.267. The Balaban J connectivity index is 1.89. The lowest BCUT2D eigenvalue weighted by molar-refractivity contribution is 0.0992. The van der Waals surface area contributed by atoms with E-state index in [2.05, 4.69) is 5.32 Å². The Kier molecular flexibility index (Phi) is 2.89. The molecule has 3 heteroatoms. The Bertz CT molecular complexity index is 558. The Labute approximate surface area is 106 Å². The number of nitrogens with one attached hydrogen (secondary N) is 1. The van der Waals surface area contributed by atoms with Gasteiger partial charge in [0.15, 0.2) is 5.78 Å². The summed E-state index contributed by atoms with van der Waals surface area (Å²) in [7, 11) is 0. The summed E-state index contributed by atoms with van der Waals surface area (Å²) in [6.07, 6.45) is 5.71. The third kappa shape index (κ3) is 2.04. The molecule has 2 heterocycles. The second kappa shape index (κ2) is 4.69. The fourth-order valence-electron chi connectivity index (χ4n) is 2.45. The highest BCUT2D eigenvalue weighted by Gasteiger charge is 2.17. The smallest absolute Gasteiger partial charge is 0.167 e. The molecule has 1 aliphatic heterocycles. The Morgan fingerprint density at radius 2 is 2.28 bits per heavy atom. The van der Waals surface area contributed by atoms with E-state index in [9.17, 15) is 4.79 Å². The number of carbonyl (C=O) groups excluding carboxylic acids is 1. The van der Waals surface area contributed by atoms with Gasteiger partial charge in [-0.15, -0.1) is 0 Å². The number of benzene rings is 1. The van der Waals surface area contributed by atoms with Crippen molar-refractivity contribution in [2.24, 2.45) is 0 Å². The average Bonchev–Trinajstić information content (AvgIpc) is 2.91. The minimum Gasteiger partial charge on any atom is -0.472 e. The molecule has 0 atom stereocenters. The molecule has 1 N–H and O–H groups in total. The van der Waals surface area contributed by atoms with Gasteiger partial charge in [0.05, 0.1) is 12.5 Å². The molecule has 3 nitrogen and oxygen atoms in total. The van der Waals surface area contributed by atoms with Crippen LogP contribution in [0.1, 0.15) is 27.9 Å². The monoisotopic (exact) mass is 241 g/mol. The molecule has 0 saturated carbocycles. The molecule has 0 unspecified atom stereocenters. The average molecular weight is 241 g/mol. The SMILES string of the molecule is O=C(Cc1ccoc1)c1cccc2c1CCCN2. The van der Waals surface area contributed by atoms with Crippen LogP contribution in [-0.4, -0.2) is 12.3 Å². The molecule has 0 bridgehead atoms. The molecule has 1 aliphatic rings. The number of ketones is 1. The topological polar surface area (TPSA) is 42.2 Å². The quantitative estimate of drug-likeness (QED) is 0.840. The minimum atomic E-state index is 0.164. The van der Waals surface area contributed by atoms with Crippen molar-refractivity contribution in [3.05, 3.63) is 53.5 Å². The third-order valence-electron chi connectivity index (χ3n) is 3.34. The summed E-state index contributed by atoms with van der Waals surface area (Å²) >= 11 is 0. The first-order valence-electron chi connectivity index (χ1n) is 6.24. The van der Waals surface area contributed by atoms with Crippen LogP contribution in [0.25, 0.3) is 0 Å². The molecule has 1 aromatic carbocycles. The van der Waals surface area contributed by atoms with Gasteiger partial charge in [-0.1, -0.05) is 12.1 Å². The number of hydrogen-bond donors (Lipinski definition) is 1. The van der Waals surface area contributed by atoms with Crippen molar-refractivity contribution in [3.8, 4) is 0 Å². The molecule has 2 aromatic rings. The van der Waals surface area contributed by atoms with Gasteiger partial charge in [0.1, 0.15) is 0 Å². The number of carbonyl (C=O) groups is 1. The molecule has 0 radical (unpaired) electrons. The van der Waals surface area contributed by atoms with Crippen molar-refractivity contribution in [1.82, 2.24) is 0 Å². The molecule has 18 heavy (non-hydrogen) atoms. The van der Waals surface area contributed by atoms with Gasteiger partial charge < -0.3 is 9.73 Å². The van der Waals surface area contributed by atoms with E-state index in [1.54, 1.807) is 12.5 Å². The molecular weight excluding hydrogens is 226 g/mol. The van der Waals surface area contributed by atoms with Crippen LogP contribution in [0.3, 0.4) is 0 Å². The van der Waals surface area contributed by atoms with Crippen LogP contribution < -0.4 is 5.32 Å². The number of Topliss-reactive ketones (excluding diaryl/α,β-unsaturated/α-hetero) is 1. The predicted octanol–water partition coefficient (Wildman–Crippen LogP) is 3.06. The van der Waals surface area contributed by atoms with Gasteiger partial charge >= 0.3 is 0 Å². The maximum atomic E-state index is 12.3. The lowest BCUT2D eigenvalue weighted by atomic mass is 9.93. The lowest BCUT2D eigenvalue weighted by Gasteiger charge is -2.20. The number of anilines is 1. The van der Waals surface area contributed by atoms with E-state index in [4.69, 9.17) is 4.42 Å². The standard InChI is InChI=1S/C15H15NO2/c17-15(9-11-6-8-18-10-11)13-3-1-5-14-12(13)4-2-7-16-14/h1,3,5-6,8,10,16H,2,4,7,9H2. The van der Waals surface area contributed by atoms with Crippen molar-refractivity contribution >= 4 is 11.5 Å². The molecule has 0 saturated heterocycles. The molecule has 0 amide bonds. The predicted molar refractivity (Wildman–Crippen MR) is 70.0 cm³/mol. The highest BCUT2D eigenvalue weighted by atomic mass is 16.3. The van der Waals surface area contributed by atoms with Crippen molar-refractivity contribution in [2.75, 3.05) is 11.9 Å². The van der Waals surface area contributed by atoms with Gasteiger partial charge in [0.2, 0.25) is 0 Å². The molecule has 0 spiro atoms. The summed E-state index contributed by atoms with van der Waals surface area (Å²) in [4.78, 5) is 12.3. The highest BCUT2D eigenvalue weighted by Crippen LogP contribution is 2.26. The Hall–Kier alpha value is -2.03. The molecule has 1 aromatic heterocycles. The van der Waals surface area contributed by atoms with Gasteiger partial charge in [0, 0.05) is 24.2 Å². The van der Waals surface area contributed by atoms with Crippen molar-refractivity contribution < 1.29 is 9.21 Å². The summed E-state index contributed by atoms with van der Waals surface area (Å²) in [5.41, 5.74) is 4.05. The zero-order chi connectivity index (χ0) is 12.4. The third-order valence-corrected chi connectivity index (χ3v) is 3.34. The zero-order valence-electron chi connectivity index (χ0n) is 10.1. The van der Waals surface area contributed by atoms with Gasteiger partial charge in [0.25, 0.3) is 0 Å². The van der Waals surface area contributed by atoms with E-state index in [-0.39, 0.29) is 5.78 Å². The number of fused-ring (bicyclic) bond motifs is 1. The van der Waals surface area contributed by atoms with E-state index >= 15 is 0 Å². The van der Waals surface area contributed by atoms with Crippen molar-refractivity contribution in [1.29, 1.82) is 0 Å². The lowest BCUT2D eigenvalue weighted by Crippen LogP contribution is -2.16. The van der Waals surface area contributed by atoms with Crippen LogP contribution in [-0.2, 0) is 12.8 Å². The normalized spacial score (nSPS) is 13.8. The second-order valence-corrected chi connectivity index (χ2v) is 4.59. The molecule has 3 rings (SSSR count). The fourth-order valence-corrected chi connectivity index (χ4v) is 2.45. The van der Waals surface area contributed by atoms with Crippen LogP contribution >= 0.6 is 0 Å². The van der Waals surface area contributed by atoms with Gasteiger partial charge in [-0.2, -0.15) is 0 Å². The van der Waals surface area contributed by atoms with Crippen LogP contribution in [0.2, 0.25) is 0 Å². The van der Waals surface area contributed by atoms with Crippen LogP contribution in [0.15, 0.2) is 41.2 Å². The van der Waals surface area contributed by atoms with Gasteiger partial charge in [-0.25, -0.2) is 0 Å². The Morgan fingerprint density at radius 1 is 1.33 bits per heavy atom. The van der Waals surface area contributed by atoms with Crippen molar-refractivity contribution in [3.63, 3.8) is 0 Å². The summed E-state index contributed by atoms with van der Waals surface area (Å²) in [6, 6.07) is 7.75. The largest absolute Gasteiger partial charge is 0.472 e. The first kappa shape index (κ1) is 11.1. The summed E-state index contributed by atoms with van der Waals surface area (Å²) in [5.74, 6) is 0.164. The first-order chi connectivity index (χ1) is 8.84. The maximum Gasteiger partial charge on any atom is 0.167 e.